The van der Waals surface area contributed by atoms with Gasteiger partial charge in [-0.1, -0.05) is 19.4 Å². The number of nitrogens with zero attached hydrogens (tertiary/aromatic N) is 1. The maximum atomic E-state index is 12.9. The SMILES string of the molecule is CCCCN(CC(N)=O)Cc1ccc(F)cc1N. The molecule has 0 saturated heterocycles. The van der Waals surface area contributed by atoms with Gasteiger partial charge in [0.25, 0.3) is 0 Å². The summed E-state index contributed by atoms with van der Waals surface area (Å²) in [6.45, 7) is 3.55. The molecule has 5 heteroatoms. The number of halogens is 1. The maximum Gasteiger partial charge on any atom is 0.231 e. The highest BCUT2D eigenvalue weighted by Crippen LogP contribution is 2.16. The number of hydrogen-bond acceptors (Lipinski definition) is 3. The second-order valence-electron chi connectivity index (χ2n) is 4.37. The molecule has 0 atom stereocenters. The average Bonchev–Trinajstić information content (AvgIpc) is 2.29. The van der Waals surface area contributed by atoms with Crippen LogP contribution in [0, 0.1) is 5.82 Å². The van der Waals surface area contributed by atoms with Crippen molar-refractivity contribution in [2.75, 3.05) is 18.8 Å². The fourth-order valence-corrected chi connectivity index (χ4v) is 1.77. The number of nitrogen functional groups attached to an aromatic ring is 1. The van der Waals surface area contributed by atoms with E-state index in [-0.39, 0.29) is 18.3 Å². The highest BCUT2D eigenvalue weighted by atomic mass is 19.1. The van der Waals surface area contributed by atoms with Gasteiger partial charge in [-0.15, -0.1) is 0 Å². The summed E-state index contributed by atoms with van der Waals surface area (Å²) >= 11 is 0. The van der Waals surface area contributed by atoms with Crippen LogP contribution in [0.4, 0.5) is 10.1 Å². The molecule has 4 N–H and O–H groups in total. The van der Waals surface area contributed by atoms with Crippen LogP contribution in [0.2, 0.25) is 0 Å². The number of nitrogens with two attached hydrogens (primary N) is 2. The van der Waals surface area contributed by atoms with E-state index in [4.69, 9.17) is 11.5 Å². The number of carbonyl (C=O) groups excluding carboxylic acids is 1. The van der Waals surface area contributed by atoms with Crippen LogP contribution in [0.15, 0.2) is 18.2 Å². The van der Waals surface area contributed by atoms with Gasteiger partial charge in [-0.25, -0.2) is 4.39 Å². The van der Waals surface area contributed by atoms with Crippen molar-refractivity contribution >= 4 is 11.6 Å². The molecule has 0 unspecified atom stereocenters. The molecule has 100 valence electrons. The Balaban J connectivity index is 2.71. The van der Waals surface area contributed by atoms with Gasteiger partial charge in [-0.05, 0) is 30.7 Å². The minimum absolute atomic E-state index is 0.191. The Morgan fingerprint density at radius 2 is 2.17 bits per heavy atom. The highest BCUT2D eigenvalue weighted by Gasteiger charge is 2.10. The van der Waals surface area contributed by atoms with Gasteiger partial charge in [0.05, 0.1) is 6.54 Å². The first-order chi connectivity index (χ1) is 8.52. The third-order valence-corrected chi connectivity index (χ3v) is 2.71. The molecule has 0 saturated carbocycles. The first-order valence-electron chi connectivity index (χ1n) is 6.07. The van der Waals surface area contributed by atoms with Crippen molar-refractivity contribution in [3.8, 4) is 0 Å². The van der Waals surface area contributed by atoms with Crippen molar-refractivity contribution in [2.45, 2.75) is 26.3 Å². The zero-order valence-corrected chi connectivity index (χ0v) is 10.7. The topological polar surface area (TPSA) is 72.3 Å². The number of hydrogen-bond donors (Lipinski definition) is 2. The fraction of sp³-hybridized carbons (Fsp3) is 0.462. The molecule has 0 spiro atoms. The molecule has 18 heavy (non-hydrogen) atoms. The summed E-state index contributed by atoms with van der Waals surface area (Å²) in [6, 6.07) is 4.30. The predicted molar refractivity (Wildman–Crippen MR) is 70.2 cm³/mol. The van der Waals surface area contributed by atoms with Gasteiger partial charge < -0.3 is 11.5 Å². The Bertz CT molecular complexity index is 409. The van der Waals surface area contributed by atoms with E-state index < -0.39 is 0 Å². The smallest absolute Gasteiger partial charge is 0.231 e. The Hall–Kier alpha value is -1.62. The minimum Gasteiger partial charge on any atom is -0.398 e. The van der Waals surface area contributed by atoms with E-state index in [1.165, 1.54) is 12.1 Å². The number of primary amides is 1. The standard InChI is InChI=1S/C13H20FN3O/c1-2-3-6-17(9-13(16)18)8-10-4-5-11(14)7-12(10)15/h4-5,7H,2-3,6,8-9,15H2,1H3,(H2,16,18). The molecule has 1 aromatic carbocycles. The number of rotatable bonds is 7. The molecular weight excluding hydrogens is 233 g/mol. The van der Waals surface area contributed by atoms with E-state index in [1.807, 2.05) is 4.90 Å². The van der Waals surface area contributed by atoms with Crippen LogP contribution in [0.1, 0.15) is 25.3 Å². The average molecular weight is 253 g/mol. The van der Waals surface area contributed by atoms with Crippen molar-refractivity contribution < 1.29 is 9.18 Å². The van der Waals surface area contributed by atoms with Gasteiger partial charge in [-0.3, -0.25) is 9.69 Å². The lowest BCUT2D eigenvalue weighted by Gasteiger charge is -2.21. The van der Waals surface area contributed by atoms with Crippen LogP contribution in [0.5, 0.6) is 0 Å². The predicted octanol–water partition coefficient (Wildman–Crippen LogP) is 1.50. The molecule has 0 aliphatic carbocycles. The lowest BCUT2D eigenvalue weighted by atomic mass is 10.1. The number of unbranched alkanes of at least 4 members (excludes halogenated alkanes) is 1. The molecule has 1 rings (SSSR count). The highest BCUT2D eigenvalue weighted by molar-refractivity contribution is 5.75. The van der Waals surface area contributed by atoms with Gasteiger partial charge in [0.15, 0.2) is 0 Å². The lowest BCUT2D eigenvalue weighted by Crippen LogP contribution is -2.34. The summed E-state index contributed by atoms with van der Waals surface area (Å²) in [6.07, 6.45) is 2.02. The van der Waals surface area contributed by atoms with Gasteiger partial charge >= 0.3 is 0 Å². The van der Waals surface area contributed by atoms with Crippen molar-refractivity contribution in [2.24, 2.45) is 5.73 Å². The molecular formula is C13H20FN3O. The lowest BCUT2D eigenvalue weighted by molar-refractivity contribution is -0.119. The molecule has 4 nitrogen and oxygen atoms in total. The fourth-order valence-electron chi connectivity index (χ4n) is 1.77. The summed E-state index contributed by atoms with van der Waals surface area (Å²) in [4.78, 5) is 12.9. The van der Waals surface area contributed by atoms with Gasteiger partial charge in [0.2, 0.25) is 5.91 Å². The Morgan fingerprint density at radius 1 is 1.44 bits per heavy atom. The van der Waals surface area contributed by atoms with E-state index in [9.17, 15) is 9.18 Å². The number of carbonyl (C=O) groups is 1. The van der Waals surface area contributed by atoms with E-state index >= 15 is 0 Å². The molecule has 0 aliphatic rings. The molecule has 0 aromatic heterocycles. The van der Waals surface area contributed by atoms with Gasteiger partial charge in [0.1, 0.15) is 5.82 Å². The first-order valence-corrected chi connectivity index (χ1v) is 6.07. The molecule has 0 radical (unpaired) electrons. The maximum absolute atomic E-state index is 12.9. The summed E-state index contributed by atoms with van der Waals surface area (Å²) < 4.78 is 12.9. The van der Waals surface area contributed by atoms with Gasteiger partial charge in [0, 0.05) is 12.2 Å². The van der Waals surface area contributed by atoms with Crippen LogP contribution < -0.4 is 11.5 Å². The molecule has 0 aliphatic heterocycles. The normalized spacial score (nSPS) is 10.8. The molecule has 1 amide bonds. The van der Waals surface area contributed by atoms with Crippen LogP contribution in [0.25, 0.3) is 0 Å². The second-order valence-corrected chi connectivity index (χ2v) is 4.37. The Labute approximate surface area is 107 Å². The molecule has 0 fully saturated rings. The van der Waals surface area contributed by atoms with Crippen molar-refractivity contribution in [3.63, 3.8) is 0 Å². The summed E-state index contributed by atoms with van der Waals surface area (Å²) in [5.41, 5.74) is 12.2. The molecule has 1 aromatic rings. The largest absolute Gasteiger partial charge is 0.398 e. The monoisotopic (exact) mass is 253 g/mol. The number of benzene rings is 1. The van der Waals surface area contributed by atoms with Crippen LogP contribution in [0.3, 0.4) is 0 Å². The van der Waals surface area contributed by atoms with Crippen molar-refractivity contribution in [3.05, 3.63) is 29.6 Å². The zero-order valence-electron chi connectivity index (χ0n) is 10.7. The zero-order chi connectivity index (χ0) is 13.5. The second kappa shape index (κ2) is 6.96. The first kappa shape index (κ1) is 14.4. The number of amides is 1. The van der Waals surface area contributed by atoms with Crippen LogP contribution in [-0.4, -0.2) is 23.9 Å². The van der Waals surface area contributed by atoms with E-state index in [0.717, 1.165) is 24.9 Å². The van der Waals surface area contributed by atoms with E-state index in [1.54, 1.807) is 6.07 Å². The van der Waals surface area contributed by atoms with Crippen molar-refractivity contribution in [1.82, 2.24) is 4.90 Å². The van der Waals surface area contributed by atoms with E-state index in [0.29, 0.717) is 12.2 Å². The quantitative estimate of drug-likeness (QED) is 0.723. The molecule has 0 heterocycles. The Morgan fingerprint density at radius 3 is 2.72 bits per heavy atom. The number of anilines is 1. The third kappa shape index (κ3) is 4.71. The minimum atomic E-state index is -0.369. The summed E-state index contributed by atoms with van der Waals surface area (Å²) in [5, 5.41) is 0. The van der Waals surface area contributed by atoms with Crippen LogP contribution in [-0.2, 0) is 11.3 Å². The van der Waals surface area contributed by atoms with Crippen LogP contribution >= 0.6 is 0 Å². The van der Waals surface area contributed by atoms with E-state index in [2.05, 4.69) is 6.92 Å². The molecule has 0 bridgehead atoms. The summed E-state index contributed by atoms with van der Waals surface area (Å²) in [5.74, 6) is -0.724. The Kier molecular flexibility index (Phi) is 5.58. The summed E-state index contributed by atoms with van der Waals surface area (Å²) in [7, 11) is 0. The van der Waals surface area contributed by atoms with Crippen molar-refractivity contribution in [1.29, 1.82) is 0 Å². The van der Waals surface area contributed by atoms with Gasteiger partial charge in [-0.2, -0.15) is 0 Å². The third-order valence-electron chi connectivity index (χ3n) is 2.71.